The highest BCUT2D eigenvalue weighted by molar-refractivity contribution is 6.00. The molecule has 23 heavy (non-hydrogen) atoms. The zero-order chi connectivity index (χ0) is 16.2. The quantitative estimate of drug-likeness (QED) is 0.721. The minimum absolute atomic E-state index is 0.00118. The first kappa shape index (κ1) is 13.7. The lowest BCUT2D eigenvalue weighted by molar-refractivity contribution is -0.0431. The molecule has 3 aromatic rings. The third kappa shape index (κ3) is 2.12. The third-order valence-corrected chi connectivity index (χ3v) is 3.76. The first-order valence-electron chi connectivity index (χ1n) is 7.20. The fourth-order valence-corrected chi connectivity index (χ4v) is 2.75. The molecule has 2 aromatic carbocycles. The molecule has 0 fully saturated rings. The van der Waals surface area contributed by atoms with E-state index in [0.717, 1.165) is 11.8 Å². The van der Waals surface area contributed by atoms with Crippen molar-refractivity contribution < 1.29 is 23.8 Å². The molecule has 5 nitrogen and oxygen atoms in total. The van der Waals surface area contributed by atoms with Crippen LogP contribution in [0.15, 0.2) is 40.8 Å². The zero-order valence-electron chi connectivity index (χ0n) is 12.6. The van der Waals surface area contributed by atoms with Crippen LogP contribution in [0.2, 0.25) is 0 Å². The molecule has 2 heterocycles. The number of furan rings is 1. The van der Waals surface area contributed by atoms with Gasteiger partial charge in [0.25, 0.3) is 0 Å². The number of carbonyl (C=O) groups excluding carboxylic acids is 1. The summed E-state index contributed by atoms with van der Waals surface area (Å²) in [5.41, 5.74) is 1.54. The highest BCUT2D eigenvalue weighted by Crippen LogP contribution is 2.43. The summed E-state index contributed by atoms with van der Waals surface area (Å²) in [6.45, 7) is 3.67. The SMILES string of the molecule is CC1(C)Oc2ccc(-c3cc4c(C=O)ccc(O)c4o3)cc2O1. The van der Waals surface area contributed by atoms with Gasteiger partial charge in [0.15, 0.2) is 29.1 Å². The second-order valence-corrected chi connectivity index (χ2v) is 5.91. The summed E-state index contributed by atoms with van der Waals surface area (Å²) in [6, 6.07) is 10.2. The van der Waals surface area contributed by atoms with Crippen molar-refractivity contribution in [3.63, 3.8) is 0 Å². The third-order valence-electron chi connectivity index (χ3n) is 3.76. The van der Waals surface area contributed by atoms with Crippen LogP contribution in [0.5, 0.6) is 17.2 Å². The fraction of sp³-hybridized carbons (Fsp3) is 0.167. The Kier molecular flexibility index (Phi) is 2.69. The molecule has 1 aliphatic heterocycles. The van der Waals surface area contributed by atoms with Gasteiger partial charge in [0.2, 0.25) is 5.79 Å². The number of hydrogen-bond acceptors (Lipinski definition) is 5. The lowest BCUT2D eigenvalue weighted by Crippen LogP contribution is -2.29. The van der Waals surface area contributed by atoms with Crippen molar-refractivity contribution in [3.05, 3.63) is 42.0 Å². The number of benzene rings is 2. The van der Waals surface area contributed by atoms with Gasteiger partial charge < -0.3 is 19.0 Å². The van der Waals surface area contributed by atoms with Gasteiger partial charge in [-0.1, -0.05) is 0 Å². The van der Waals surface area contributed by atoms with Crippen LogP contribution in [0.25, 0.3) is 22.3 Å². The lowest BCUT2D eigenvalue weighted by atomic mass is 10.1. The maximum Gasteiger partial charge on any atom is 0.246 e. The molecule has 0 bridgehead atoms. The van der Waals surface area contributed by atoms with Gasteiger partial charge in [0.1, 0.15) is 5.76 Å². The van der Waals surface area contributed by atoms with Crippen molar-refractivity contribution in [1.29, 1.82) is 0 Å². The second-order valence-electron chi connectivity index (χ2n) is 5.91. The number of rotatable bonds is 2. The van der Waals surface area contributed by atoms with Gasteiger partial charge in [0, 0.05) is 30.4 Å². The Morgan fingerprint density at radius 3 is 2.61 bits per heavy atom. The predicted molar refractivity (Wildman–Crippen MR) is 84.0 cm³/mol. The number of phenolic OH excluding ortho intramolecular Hbond substituents is 1. The second kappa shape index (κ2) is 4.52. The van der Waals surface area contributed by atoms with Crippen LogP contribution in [0.1, 0.15) is 24.2 Å². The van der Waals surface area contributed by atoms with Gasteiger partial charge >= 0.3 is 0 Å². The van der Waals surface area contributed by atoms with E-state index in [1.807, 2.05) is 32.0 Å². The highest BCUT2D eigenvalue weighted by Gasteiger charge is 2.31. The molecule has 0 unspecified atom stereocenters. The van der Waals surface area contributed by atoms with E-state index in [9.17, 15) is 9.90 Å². The number of ether oxygens (including phenoxy) is 2. The molecule has 0 amide bonds. The van der Waals surface area contributed by atoms with E-state index in [-0.39, 0.29) is 5.75 Å². The van der Waals surface area contributed by atoms with Crippen LogP contribution in [0, 0.1) is 0 Å². The van der Waals surface area contributed by atoms with E-state index >= 15 is 0 Å². The maximum atomic E-state index is 11.1. The van der Waals surface area contributed by atoms with E-state index in [4.69, 9.17) is 13.9 Å². The Bertz CT molecular complexity index is 936. The van der Waals surface area contributed by atoms with E-state index in [1.54, 1.807) is 12.1 Å². The molecule has 0 aliphatic carbocycles. The lowest BCUT2D eigenvalue weighted by Gasteiger charge is -2.16. The molecule has 1 aliphatic rings. The topological polar surface area (TPSA) is 68.9 Å². The van der Waals surface area contributed by atoms with Crippen molar-refractivity contribution >= 4 is 17.3 Å². The Labute approximate surface area is 132 Å². The Morgan fingerprint density at radius 2 is 1.83 bits per heavy atom. The monoisotopic (exact) mass is 310 g/mol. The molecule has 0 radical (unpaired) electrons. The number of aldehydes is 1. The average Bonchev–Trinajstić information content (AvgIpc) is 3.07. The van der Waals surface area contributed by atoms with Gasteiger partial charge in [-0.15, -0.1) is 0 Å². The summed E-state index contributed by atoms with van der Waals surface area (Å²) < 4.78 is 17.1. The largest absolute Gasteiger partial charge is 0.504 e. The Balaban J connectivity index is 1.85. The van der Waals surface area contributed by atoms with Crippen LogP contribution in [-0.2, 0) is 0 Å². The Morgan fingerprint density at radius 1 is 1.04 bits per heavy atom. The average molecular weight is 310 g/mol. The summed E-state index contributed by atoms with van der Waals surface area (Å²) in [6.07, 6.45) is 0.739. The molecular formula is C18H14O5. The molecule has 0 spiro atoms. The molecule has 0 saturated heterocycles. The minimum Gasteiger partial charge on any atom is -0.504 e. The van der Waals surface area contributed by atoms with E-state index in [0.29, 0.717) is 33.8 Å². The standard InChI is InChI=1S/C18H14O5/c1-18(2)22-14-6-4-10(7-16(14)23-18)15-8-12-11(9-19)3-5-13(20)17(12)21-15/h3-9,20H,1-2H3. The highest BCUT2D eigenvalue weighted by atomic mass is 16.7. The molecular weight excluding hydrogens is 296 g/mol. The molecule has 4 rings (SSSR count). The molecule has 0 saturated carbocycles. The van der Waals surface area contributed by atoms with Crippen LogP contribution < -0.4 is 9.47 Å². The van der Waals surface area contributed by atoms with Crippen molar-refractivity contribution in [1.82, 2.24) is 0 Å². The van der Waals surface area contributed by atoms with Gasteiger partial charge in [-0.05, 0) is 36.4 Å². The summed E-state index contributed by atoms with van der Waals surface area (Å²) in [7, 11) is 0. The maximum absolute atomic E-state index is 11.1. The summed E-state index contributed by atoms with van der Waals surface area (Å²) in [5.74, 6) is 1.15. The van der Waals surface area contributed by atoms with Crippen molar-refractivity contribution in [2.24, 2.45) is 0 Å². The number of hydrogen-bond donors (Lipinski definition) is 1. The molecule has 116 valence electrons. The number of aromatic hydroxyl groups is 1. The van der Waals surface area contributed by atoms with Gasteiger partial charge in [-0.25, -0.2) is 0 Å². The van der Waals surface area contributed by atoms with Crippen LogP contribution >= 0.6 is 0 Å². The normalized spacial score (nSPS) is 15.0. The molecule has 1 aromatic heterocycles. The van der Waals surface area contributed by atoms with Gasteiger partial charge in [-0.2, -0.15) is 0 Å². The number of phenols is 1. The summed E-state index contributed by atoms with van der Waals surface area (Å²) in [5, 5.41) is 10.5. The van der Waals surface area contributed by atoms with Crippen LogP contribution in [0.3, 0.4) is 0 Å². The van der Waals surface area contributed by atoms with Gasteiger partial charge in [0.05, 0.1) is 0 Å². The van der Waals surface area contributed by atoms with Crippen LogP contribution in [-0.4, -0.2) is 17.2 Å². The summed E-state index contributed by atoms with van der Waals surface area (Å²) >= 11 is 0. The van der Waals surface area contributed by atoms with E-state index in [2.05, 4.69) is 0 Å². The Hall–Kier alpha value is -2.95. The predicted octanol–water partition coefficient (Wildman–Crippen LogP) is 4.13. The first-order valence-corrected chi connectivity index (χ1v) is 7.20. The molecule has 1 N–H and O–H groups in total. The minimum atomic E-state index is -0.697. The van der Waals surface area contributed by atoms with Crippen molar-refractivity contribution in [3.8, 4) is 28.6 Å². The number of carbonyl (C=O) groups is 1. The smallest absolute Gasteiger partial charge is 0.246 e. The number of fused-ring (bicyclic) bond motifs is 2. The summed E-state index contributed by atoms with van der Waals surface area (Å²) in [4.78, 5) is 11.1. The first-order chi connectivity index (χ1) is 11.0. The molecule has 0 atom stereocenters. The fourth-order valence-electron chi connectivity index (χ4n) is 2.75. The van der Waals surface area contributed by atoms with Crippen LogP contribution in [0.4, 0.5) is 0 Å². The van der Waals surface area contributed by atoms with Gasteiger partial charge in [-0.3, -0.25) is 4.79 Å². The zero-order valence-corrected chi connectivity index (χ0v) is 12.6. The van der Waals surface area contributed by atoms with Crippen molar-refractivity contribution in [2.75, 3.05) is 0 Å². The molecule has 5 heteroatoms. The van der Waals surface area contributed by atoms with Crippen molar-refractivity contribution in [2.45, 2.75) is 19.6 Å². The van der Waals surface area contributed by atoms with E-state index < -0.39 is 5.79 Å². The van der Waals surface area contributed by atoms with E-state index in [1.165, 1.54) is 6.07 Å².